The Morgan fingerprint density at radius 3 is 3.23 bits per heavy atom. The average molecular weight is 179 g/mol. The lowest BCUT2D eigenvalue weighted by atomic mass is 10.1. The van der Waals surface area contributed by atoms with Gasteiger partial charge in [0.25, 0.3) is 5.56 Å². The van der Waals surface area contributed by atoms with Gasteiger partial charge in [0.2, 0.25) is 0 Å². The van der Waals surface area contributed by atoms with Gasteiger partial charge in [-0.25, -0.2) is 4.98 Å². The zero-order valence-corrected chi connectivity index (χ0v) is 7.66. The van der Waals surface area contributed by atoms with E-state index in [0.717, 1.165) is 24.4 Å². The van der Waals surface area contributed by atoms with Crippen molar-refractivity contribution in [1.82, 2.24) is 9.55 Å². The average Bonchev–Trinajstić information content (AvgIpc) is 2.02. The molecule has 0 aromatic carbocycles. The van der Waals surface area contributed by atoms with Gasteiger partial charge in [-0.05, 0) is 13.3 Å². The van der Waals surface area contributed by atoms with Gasteiger partial charge in [0.05, 0.1) is 0 Å². The van der Waals surface area contributed by atoms with E-state index in [2.05, 4.69) is 4.98 Å². The van der Waals surface area contributed by atoms with Crippen molar-refractivity contribution in [2.75, 3.05) is 0 Å². The first-order chi connectivity index (χ1) is 6.16. The third-order valence-electron chi connectivity index (χ3n) is 2.38. The Bertz CT molecular complexity index is 383. The molecular weight excluding hydrogens is 166 g/mol. The Hall–Kier alpha value is -1.16. The third kappa shape index (κ3) is 1.49. The van der Waals surface area contributed by atoms with Crippen LogP contribution in [0.2, 0.25) is 0 Å². The van der Waals surface area contributed by atoms with Crippen LogP contribution in [0, 0.1) is 6.92 Å². The van der Waals surface area contributed by atoms with Crippen LogP contribution in [0.25, 0.3) is 0 Å². The van der Waals surface area contributed by atoms with Crippen LogP contribution < -0.4 is 11.3 Å². The Morgan fingerprint density at radius 2 is 2.46 bits per heavy atom. The van der Waals surface area contributed by atoms with E-state index >= 15 is 0 Å². The molecule has 0 amide bonds. The van der Waals surface area contributed by atoms with Crippen LogP contribution in [0.4, 0.5) is 0 Å². The summed E-state index contributed by atoms with van der Waals surface area (Å²) in [6.07, 6.45) is 1.59. The molecule has 13 heavy (non-hydrogen) atoms. The second-order valence-electron chi connectivity index (χ2n) is 3.56. The highest BCUT2D eigenvalue weighted by Crippen LogP contribution is 2.08. The summed E-state index contributed by atoms with van der Waals surface area (Å²) >= 11 is 0. The maximum Gasteiger partial charge on any atom is 0.253 e. The number of nitrogens with zero attached hydrogens (tertiary/aromatic N) is 2. The predicted octanol–water partition coefficient (Wildman–Crippen LogP) is -0.175. The lowest BCUT2D eigenvalue weighted by molar-refractivity contribution is 0.442. The van der Waals surface area contributed by atoms with Crippen LogP contribution in [-0.4, -0.2) is 15.6 Å². The van der Waals surface area contributed by atoms with Gasteiger partial charge in [-0.1, -0.05) is 0 Å². The molecule has 1 atom stereocenters. The standard InChI is InChI=1S/C9H13N3O/c1-6-4-9(13)12-3-2-7(10)5-8(12)11-6/h4,7H,2-3,5,10H2,1H3. The highest BCUT2D eigenvalue weighted by Gasteiger charge is 2.17. The van der Waals surface area contributed by atoms with Crippen LogP contribution in [0.15, 0.2) is 10.9 Å². The maximum absolute atomic E-state index is 11.5. The minimum Gasteiger partial charge on any atom is -0.327 e. The van der Waals surface area contributed by atoms with Crippen LogP contribution in [0.5, 0.6) is 0 Å². The fourth-order valence-corrected chi connectivity index (χ4v) is 1.71. The second kappa shape index (κ2) is 2.96. The minimum atomic E-state index is 0.0504. The monoisotopic (exact) mass is 179 g/mol. The fraction of sp³-hybridized carbons (Fsp3) is 0.556. The van der Waals surface area contributed by atoms with Crippen molar-refractivity contribution in [1.29, 1.82) is 0 Å². The number of fused-ring (bicyclic) bond motifs is 1. The van der Waals surface area contributed by atoms with Gasteiger partial charge in [-0.3, -0.25) is 9.36 Å². The Kier molecular flexibility index (Phi) is 1.92. The SMILES string of the molecule is Cc1cc(=O)n2c(n1)CC(N)CC2. The zero-order chi connectivity index (χ0) is 9.42. The van der Waals surface area contributed by atoms with E-state index in [0.29, 0.717) is 6.54 Å². The van der Waals surface area contributed by atoms with Gasteiger partial charge in [0.1, 0.15) is 5.82 Å². The van der Waals surface area contributed by atoms with E-state index in [4.69, 9.17) is 5.73 Å². The van der Waals surface area contributed by atoms with Crippen LogP contribution in [-0.2, 0) is 13.0 Å². The van der Waals surface area contributed by atoms with Crippen molar-refractivity contribution < 1.29 is 0 Å². The zero-order valence-electron chi connectivity index (χ0n) is 7.66. The number of aryl methyl sites for hydroxylation is 1. The smallest absolute Gasteiger partial charge is 0.253 e. The molecule has 0 saturated heterocycles. The van der Waals surface area contributed by atoms with Crippen LogP contribution >= 0.6 is 0 Å². The first-order valence-electron chi connectivity index (χ1n) is 4.50. The summed E-state index contributed by atoms with van der Waals surface area (Å²) in [5, 5.41) is 0. The minimum absolute atomic E-state index is 0.0504. The molecule has 0 saturated carbocycles. The van der Waals surface area contributed by atoms with Gasteiger partial charge in [-0.2, -0.15) is 0 Å². The highest BCUT2D eigenvalue weighted by molar-refractivity contribution is 5.05. The van der Waals surface area contributed by atoms with Crippen molar-refractivity contribution >= 4 is 0 Å². The Labute approximate surface area is 76.4 Å². The normalized spacial score (nSPS) is 21.2. The highest BCUT2D eigenvalue weighted by atomic mass is 16.1. The molecule has 4 nitrogen and oxygen atoms in total. The Balaban J connectivity index is 2.53. The van der Waals surface area contributed by atoms with E-state index in [9.17, 15) is 4.79 Å². The van der Waals surface area contributed by atoms with Crippen molar-refractivity contribution in [3.8, 4) is 0 Å². The van der Waals surface area contributed by atoms with Crippen molar-refractivity contribution in [2.24, 2.45) is 5.73 Å². The molecule has 2 heterocycles. The molecule has 1 unspecified atom stereocenters. The van der Waals surface area contributed by atoms with E-state index in [1.54, 1.807) is 10.6 Å². The quantitative estimate of drug-likeness (QED) is 0.601. The summed E-state index contributed by atoms with van der Waals surface area (Å²) in [6.45, 7) is 2.55. The molecule has 0 spiro atoms. The predicted molar refractivity (Wildman–Crippen MR) is 49.5 cm³/mol. The van der Waals surface area contributed by atoms with Gasteiger partial charge in [-0.15, -0.1) is 0 Å². The third-order valence-corrected chi connectivity index (χ3v) is 2.38. The summed E-state index contributed by atoms with van der Waals surface area (Å²) in [5.74, 6) is 0.837. The van der Waals surface area contributed by atoms with Gasteiger partial charge in [0.15, 0.2) is 0 Å². The summed E-state index contributed by atoms with van der Waals surface area (Å²) in [4.78, 5) is 15.8. The lowest BCUT2D eigenvalue weighted by Gasteiger charge is -2.22. The lowest BCUT2D eigenvalue weighted by Crippen LogP contribution is -2.37. The molecule has 1 aromatic heterocycles. The number of aromatic nitrogens is 2. The van der Waals surface area contributed by atoms with Crippen LogP contribution in [0.3, 0.4) is 0 Å². The van der Waals surface area contributed by atoms with Crippen molar-refractivity contribution in [3.63, 3.8) is 0 Å². The molecular formula is C9H13N3O. The van der Waals surface area contributed by atoms with Crippen LogP contribution in [0.1, 0.15) is 17.9 Å². The number of hydrogen-bond donors (Lipinski definition) is 1. The number of hydrogen-bond acceptors (Lipinski definition) is 3. The molecule has 0 aliphatic carbocycles. The number of nitrogens with two attached hydrogens (primary N) is 1. The molecule has 1 aliphatic rings. The fourth-order valence-electron chi connectivity index (χ4n) is 1.71. The molecule has 4 heteroatoms. The molecule has 2 rings (SSSR count). The van der Waals surface area contributed by atoms with E-state index in [1.807, 2.05) is 6.92 Å². The van der Waals surface area contributed by atoms with Gasteiger partial charge in [0, 0.05) is 30.8 Å². The first-order valence-corrected chi connectivity index (χ1v) is 4.50. The topological polar surface area (TPSA) is 60.9 Å². The van der Waals surface area contributed by atoms with Crippen molar-refractivity contribution in [2.45, 2.75) is 32.4 Å². The van der Waals surface area contributed by atoms with Gasteiger partial charge < -0.3 is 5.73 Å². The van der Waals surface area contributed by atoms with E-state index < -0.39 is 0 Å². The maximum atomic E-state index is 11.5. The van der Waals surface area contributed by atoms with E-state index in [1.165, 1.54) is 0 Å². The summed E-state index contributed by atoms with van der Waals surface area (Å²) < 4.78 is 1.72. The van der Waals surface area contributed by atoms with Crippen molar-refractivity contribution in [3.05, 3.63) is 27.9 Å². The second-order valence-corrected chi connectivity index (χ2v) is 3.56. The largest absolute Gasteiger partial charge is 0.327 e. The molecule has 70 valence electrons. The Morgan fingerprint density at radius 1 is 1.69 bits per heavy atom. The van der Waals surface area contributed by atoms with E-state index in [-0.39, 0.29) is 11.6 Å². The molecule has 2 N–H and O–H groups in total. The molecule has 0 radical (unpaired) electrons. The number of rotatable bonds is 0. The first kappa shape index (κ1) is 8.44. The summed E-state index contributed by atoms with van der Waals surface area (Å²) in [6, 6.07) is 1.73. The molecule has 1 aromatic rings. The molecule has 0 fully saturated rings. The van der Waals surface area contributed by atoms with Gasteiger partial charge >= 0.3 is 0 Å². The summed E-state index contributed by atoms with van der Waals surface area (Å²) in [7, 11) is 0. The molecule has 1 aliphatic heterocycles. The molecule has 0 bridgehead atoms. The summed E-state index contributed by atoms with van der Waals surface area (Å²) in [5.41, 5.74) is 6.63.